The number of ether oxygens (including phenoxy) is 4. The second-order valence-corrected chi connectivity index (χ2v) is 8.18. The summed E-state index contributed by atoms with van der Waals surface area (Å²) in [5, 5.41) is 4.72. The van der Waals surface area contributed by atoms with Crippen molar-refractivity contribution in [3.8, 4) is 17.2 Å². The van der Waals surface area contributed by atoms with Crippen LogP contribution in [0, 0.1) is 6.92 Å². The van der Waals surface area contributed by atoms with Crippen molar-refractivity contribution in [2.75, 3.05) is 46.6 Å². The van der Waals surface area contributed by atoms with E-state index in [0.29, 0.717) is 54.7 Å². The molecule has 3 aromatic rings. The number of nitrogens with one attached hydrogen (secondary N) is 1. The first kappa shape index (κ1) is 25.7. The molecule has 0 aliphatic carbocycles. The van der Waals surface area contributed by atoms with E-state index in [9.17, 15) is 14.4 Å². The van der Waals surface area contributed by atoms with Crippen LogP contribution >= 0.6 is 0 Å². The lowest BCUT2D eigenvalue weighted by atomic mass is 10.1. The summed E-state index contributed by atoms with van der Waals surface area (Å²) < 4.78 is 26.9. The van der Waals surface area contributed by atoms with E-state index in [1.54, 1.807) is 41.3 Å². The van der Waals surface area contributed by atoms with Crippen molar-refractivity contribution in [3.63, 3.8) is 0 Å². The normalized spacial score (nSPS) is 13.5. The van der Waals surface area contributed by atoms with Crippen LogP contribution < -0.4 is 25.3 Å². The number of hydrogen-bond donors (Lipinski definition) is 1. The molecule has 194 valence electrons. The average molecular weight is 510 g/mol. The Morgan fingerprint density at radius 1 is 1.05 bits per heavy atom. The van der Waals surface area contributed by atoms with Gasteiger partial charge in [0.1, 0.15) is 11.3 Å². The number of rotatable bonds is 9. The maximum absolute atomic E-state index is 12.3. The number of methoxy groups -OCH3 is 1. The summed E-state index contributed by atoms with van der Waals surface area (Å²) in [6.07, 6.45) is 1.44. The second kappa shape index (κ2) is 12.0. The molecule has 4 rings (SSSR count). The molecule has 1 fully saturated rings. The number of fused-ring (bicyclic) bond motifs is 1. The number of hydrogen-bond acceptors (Lipinski definition) is 9. The zero-order valence-electron chi connectivity index (χ0n) is 20.5. The number of carbonyl (C=O) groups excluding carboxylic acids is 2. The number of hydrazone groups is 1. The SMILES string of the molecule is COc1cc(/C=N/NC(=O)COc2ccc3c(C)cc(=O)oc3c2)ccc1OCC(=O)N1CCOCC1. The third-order valence-electron chi connectivity index (χ3n) is 5.60. The highest BCUT2D eigenvalue weighted by Gasteiger charge is 2.18. The van der Waals surface area contributed by atoms with Gasteiger partial charge in [-0.15, -0.1) is 0 Å². The van der Waals surface area contributed by atoms with E-state index in [4.69, 9.17) is 23.4 Å². The topological polar surface area (TPSA) is 129 Å². The van der Waals surface area contributed by atoms with E-state index in [2.05, 4.69) is 10.5 Å². The maximum atomic E-state index is 12.3. The molecule has 0 spiro atoms. The standard InChI is InChI=1S/C26H27N3O8/c1-17-11-26(32)37-22-13-19(4-5-20(17)22)35-15-24(30)28-27-14-18-3-6-21(23(12-18)33-2)36-16-25(31)29-7-9-34-10-8-29/h3-6,11-14H,7-10,15-16H2,1-2H3,(H,28,30)/b27-14+. The third-order valence-corrected chi connectivity index (χ3v) is 5.60. The van der Waals surface area contributed by atoms with Crippen LogP contribution in [0.15, 0.2) is 56.8 Å². The predicted molar refractivity (Wildman–Crippen MR) is 134 cm³/mol. The van der Waals surface area contributed by atoms with Gasteiger partial charge in [0.05, 0.1) is 26.5 Å². The van der Waals surface area contributed by atoms with Gasteiger partial charge in [-0.25, -0.2) is 10.2 Å². The van der Waals surface area contributed by atoms with Crippen molar-refractivity contribution in [3.05, 3.63) is 64.0 Å². The molecule has 2 aromatic carbocycles. The highest BCUT2D eigenvalue weighted by atomic mass is 16.5. The molecule has 1 N–H and O–H groups in total. The van der Waals surface area contributed by atoms with Crippen molar-refractivity contribution in [2.24, 2.45) is 5.10 Å². The lowest BCUT2D eigenvalue weighted by Gasteiger charge is -2.26. The summed E-state index contributed by atoms with van der Waals surface area (Å²) >= 11 is 0. The number of benzene rings is 2. The van der Waals surface area contributed by atoms with Crippen LogP contribution in [0.5, 0.6) is 17.2 Å². The summed E-state index contributed by atoms with van der Waals surface area (Å²) in [5.74, 6) is 0.624. The van der Waals surface area contributed by atoms with Crippen LogP contribution in [0.25, 0.3) is 11.0 Å². The first-order valence-corrected chi connectivity index (χ1v) is 11.6. The molecule has 1 aliphatic rings. The van der Waals surface area contributed by atoms with E-state index in [1.807, 2.05) is 6.92 Å². The fraction of sp³-hybridized carbons (Fsp3) is 0.308. The predicted octanol–water partition coefficient (Wildman–Crippen LogP) is 1.88. The van der Waals surface area contributed by atoms with E-state index in [1.165, 1.54) is 19.4 Å². The van der Waals surface area contributed by atoms with Crippen molar-refractivity contribution in [2.45, 2.75) is 6.92 Å². The van der Waals surface area contributed by atoms with Crippen molar-refractivity contribution >= 4 is 29.0 Å². The fourth-order valence-corrected chi connectivity index (χ4v) is 3.68. The lowest BCUT2D eigenvalue weighted by molar-refractivity contribution is -0.137. The number of aryl methyl sites for hydroxylation is 1. The Bertz CT molecular complexity index is 1360. The minimum absolute atomic E-state index is 0.108. The second-order valence-electron chi connectivity index (χ2n) is 8.18. The van der Waals surface area contributed by atoms with E-state index in [-0.39, 0.29) is 19.1 Å². The van der Waals surface area contributed by atoms with E-state index in [0.717, 1.165) is 10.9 Å². The van der Waals surface area contributed by atoms with Gasteiger partial charge in [-0.3, -0.25) is 9.59 Å². The molecule has 0 atom stereocenters. The Labute approximate surface area is 212 Å². The molecule has 11 heteroatoms. The van der Waals surface area contributed by atoms with Gasteiger partial charge in [0.15, 0.2) is 24.7 Å². The fourth-order valence-electron chi connectivity index (χ4n) is 3.68. The van der Waals surface area contributed by atoms with Crippen LogP contribution in [0.2, 0.25) is 0 Å². The Morgan fingerprint density at radius 3 is 2.65 bits per heavy atom. The van der Waals surface area contributed by atoms with Gasteiger partial charge in [0, 0.05) is 30.6 Å². The highest BCUT2D eigenvalue weighted by Crippen LogP contribution is 2.27. The third kappa shape index (κ3) is 6.85. The summed E-state index contributed by atoms with van der Waals surface area (Å²) in [6.45, 7) is 3.56. The lowest BCUT2D eigenvalue weighted by Crippen LogP contribution is -2.43. The van der Waals surface area contributed by atoms with Gasteiger partial charge in [-0.05, 0) is 48.4 Å². The molecule has 2 heterocycles. The maximum Gasteiger partial charge on any atom is 0.336 e. The summed E-state index contributed by atoms with van der Waals surface area (Å²) in [4.78, 5) is 37.7. The molecular formula is C26H27N3O8. The van der Waals surface area contributed by atoms with E-state index >= 15 is 0 Å². The van der Waals surface area contributed by atoms with Crippen molar-refractivity contribution in [1.82, 2.24) is 10.3 Å². The monoisotopic (exact) mass is 509 g/mol. The molecule has 0 unspecified atom stereocenters. The largest absolute Gasteiger partial charge is 0.493 e. The number of carbonyl (C=O) groups is 2. The van der Waals surface area contributed by atoms with Gasteiger partial charge in [-0.2, -0.15) is 5.10 Å². The Kier molecular flexibility index (Phi) is 8.37. The average Bonchev–Trinajstić information content (AvgIpc) is 2.91. The summed E-state index contributed by atoms with van der Waals surface area (Å²) in [6, 6.07) is 11.5. The van der Waals surface area contributed by atoms with Crippen LogP contribution in [0.1, 0.15) is 11.1 Å². The molecule has 37 heavy (non-hydrogen) atoms. The number of nitrogens with zero attached hydrogens (tertiary/aromatic N) is 2. The molecule has 0 bridgehead atoms. The van der Waals surface area contributed by atoms with Crippen LogP contribution in [0.4, 0.5) is 0 Å². The quantitative estimate of drug-likeness (QED) is 0.263. The zero-order chi connectivity index (χ0) is 26.2. The molecule has 11 nitrogen and oxygen atoms in total. The van der Waals surface area contributed by atoms with Gasteiger partial charge in [-0.1, -0.05) is 0 Å². The molecule has 1 aliphatic heterocycles. The van der Waals surface area contributed by atoms with Gasteiger partial charge >= 0.3 is 5.63 Å². The van der Waals surface area contributed by atoms with Gasteiger partial charge in [0.25, 0.3) is 11.8 Å². The molecular weight excluding hydrogens is 482 g/mol. The van der Waals surface area contributed by atoms with Crippen LogP contribution in [-0.4, -0.2) is 69.6 Å². The molecule has 0 radical (unpaired) electrons. The van der Waals surface area contributed by atoms with Gasteiger partial charge in [0.2, 0.25) is 0 Å². The summed E-state index contributed by atoms with van der Waals surface area (Å²) in [5.41, 5.74) is 3.75. The molecule has 1 saturated heterocycles. The first-order valence-electron chi connectivity index (χ1n) is 11.6. The highest BCUT2D eigenvalue weighted by molar-refractivity contribution is 5.84. The Morgan fingerprint density at radius 2 is 1.86 bits per heavy atom. The first-order chi connectivity index (χ1) is 17.9. The Hall–Kier alpha value is -4.38. The minimum Gasteiger partial charge on any atom is -0.493 e. The van der Waals surface area contributed by atoms with Crippen LogP contribution in [0.3, 0.4) is 0 Å². The molecule has 2 amide bonds. The number of morpholine rings is 1. The van der Waals surface area contributed by atoms with Crippen molar-refractivity contribution < 1.29 is 33.0 Å². The van der Waals surface area contributed by atoms with E-state index < -0.39 is 11.5 Å². The molecule has 1 aromatic heterocycles. The number of amides is 2. The zero-order valence-corrected chi connectivity index (χ0v) is 20.5. The van der Waals surface area contributed by atoms with Crippen molar-refractivity contribution in [1.29, 1.82) is 0 Å². The smallest absolute Gasteiger partial charge is 0.336 e. The van der Waals surface area contributed by atoms with Gasteiger partial charge < -0.3 is 28.3 Å². The Balaban J connectivity index is 1.28. The van der Waals surface area contributed by atoms with Crippen LogP contribution in [-0.2, 0) is 14.3 Å². The minimum atomic E-state index is -0.476. The summed E-state index contributed by atoms with van der Waals surface area (Å²) in [7, 11) is 1.49. The molecule has 0 saturated carbocycles.